The third kappa shape index (κ3) is 2.74. The summed E-state index contributed by atoms with van der Waals surface area (Å²) >= 11 is 0. The van der Waals surface area contributed by atoms with Crippen LogP contribution in [0.2, 0.25) is 0 Å². The van der Waals surface area contributed by atoms with Crippen molar-refractivity contribution < 1.29 is 9.53 Å². The van der Waals surface area contributed by atoms with Gasteiger partial charge in [-0.15, -0.1) is 0 Å². The van der Waals surface area contributed by atoms with Crippen LogP contribution in [0.25, 0.3) is 0 Å². The van der Waals surface area contributed by atoms with Crippen LogP contribution in [0.1, 0.15) is 24.2 Å². The van der Waals surface area contributed by atoms with Gasteiger partial charge in [-0.1, -0.05) is 12.1 Å². The summed E-state index contributed by atoms with van der Waals surface area (Å²) in [5.74, 6) is -0.504. The molecule has 4 nitrogen and oxygen atoms in total. The van der Waals surface area contributed by atoms with Crippen LogP contribution in [0.5, 0.6) is 0 Å². The lowest BCUT2D eigenvalue weighted by molar-refractivity contribution is 0.00205. The fourth-order valence-corrected chi connectivity index (χ4v) is 0.977. The van der Waals surface area contributed by atoms with E-state index in [1.54, 1.807) is 38.1 Å². The lowest BCUT2D eigenvalue weighted by Crippen LogP contribution is -2.37. The minimum Gasteiger partial charge on any atom is -0.441 e. The summed E-state index contributed by atoms with van der Waals surface area (Å²) < 4.78 is 4.96. The van der Waals surface area contributed by atoms with Gasteiger partial charge in [-0.05, 0) is 26.0 Å². The van der Waals surface area contributed by atoms with E-state index in [1.165, 1.54) is 0 Å². The first-order valence-electron chi connectivity index (χ1n) is 4.27. The maximum atomic E-state index is 11.5. The van der Waals surface area contributed by atoms with Crippen LogP contribution < -0.4 is 11.5 Å². The highest BCUT2D eigenvalue weighted by atomic mass is 16.6. The highest BCUT2D eigenvalue weighted by Gasteiger charge is 2.19. The second kappa shape index (κ2) is 3.67. The number of nitrogens with two attached hydrogens (primary N) is 2. The van der Waals surface area contributed by atoms with Crippen LogP contribution in [0, 0.1) is 0 Å². The summed E-state index contributed by atoms with van der Waals surface area (Å²) in [4.78, 5) is 11.5. The summed E-state index contributed by atoms with van der Waals surface area (Å²) in [7, 11) is 0. The Morgan fingerprint density at radius 3 is 2.43 bits per heavy atom. The van der Waals surface area contributed by atoms with Crippen molar-refractivity contribution in [2.75, 3.05) is 5.73 Å². The van der Waals surface area contributed by atoms with E-state index in [0.717, 1.165) is 0 Å². The van der Waals surface area contributed by atoms with Crippen molar-refractivity contribution in [3.05, 3.63) is 29.8 Å². The van der Waals surface area contributed by atoms with E-state index in [4.69, 9.17) is 16.2 Å². The maximum absolute atomic E-state index is 11.5. The lowest BCUT2D eigenvalue weighted by atomic mass is 10.2. The minimum absolute atomic E-state index is 0.339. The van der Waals surface area contributed by atoms with Gasteiger partial charge in [-0.25, -0.2) is 4.79 Å². The number of esters is 1. The Kier molecular flexibility index (Phi) is 2.76. The molecule has 4 heteroatoms. The van der Waals surface area contributed by atoms with E-state index < -0.39 is 11.7 Å². The molecule has 0 aliphatic heterocycles. The molecule has 0 amide bonds. The first kappa shape index (κ1) is 10.5. The van der Waals surface area contributed by atoms with Crippen LogP contribution >= 0.6 is 0 Å². The monoisotopic (exact) mass is 194 g/mol. The summed E-state index contributed by atoms with van der Waals surface area (Å²) in [6.07, 6.45) is 0. The molecule has 0 fully saturated rings. The lowest BCUT2D eigenvalue weighted by Gasteiger charge is -2.19. The van der Waals surface area contributed by atoms with Gasteiger partial charge in [-0.2, -0.15) is 0 Å². The number of rotatable bonds is 2. The number of nitrogen functional groups attached to an aromatic ring is 1. The third-order valence-electron chi connectivity index (χ3n) is 1.54. The van der Waals surface area contributed by atoms with E-state index in [-0.39, 0.29) is 0 Å². The van der Waals surface area contributed by atoms with Crippen molar-refractivity contribution in [3.63, 3.8) is 0 Å². The molecule has 0 heterocycles. The number of benzene rings is 1. The van der Waals surface area contributed by atoms with Gasteiger partial charge < -0.3 is 10.5 Å². The number of anilines is 1. The van der Waals surface area contributed by atoms with Crippen molar-refractivity contribution in [1.29, 1.82) is 0 Å². The zero-order valence-corrected chi connectivity index (χ0v) is 8.28. The fourth-order valence-electron chi connectivity index (χ4n) is 0.977. The molecule has 0 unspecified atom stereocenters. The highest BCUT2D eigenvalue weighted by molar-refractivity contribution is 5.95. The second-order valence-corrected chi connectivity index (χ2v) is 3.58. The topological polar surface area (TPSA) is 78.3 Å². The molecule has 0 aliphatic carbocycles. The first-order chi connectivity index (χ1) is 6.40. The van der Waals surface area contributed by atoms with Crippen LogP contribution in [0.15, 0.2) is 24.3 Å². The number of carbonyl (C=O) groups excluding carboxylic acids is 1. The molecule has 0 aromatic heterocycles. The molecule has 0 atom stereocenters. The number of carbonyl (C=O) groups is 1. The van der Waals surface area contributed by atoms with Gasteiger partial charge in [0.2, 0.25) is 0 Å². The number of ether oxygens (including phenoxy) is 1. The van der Waals surface area contributed by atoms with Crippen LogP contribution in [-0.4, -0.2) is 11.7 Å². The predicted molar refractivity (Wildman–Crippen MR) is 54.5 cm³/mol. The van der Waals surface area contributed by atoms with E-state index >= 15 is 0 Å². The molecular formula is C10H14N2O2. The van der Waals surface area contributed by atoms with Crippen molar-refractivity contribution in [1.82, 2.24) is 0 Å². The van der Waals surface area contributed by atoms with Gasteiger partial charge >= 0.3 is 5.97 Å². The summed E-state index contributed by atoms with van der Waals surface area (Å²) in [5, 5.41) is 0. The van der Waals surface area contributed by atoms with Gasteiger partial charge in [0.25, 0.3) is 0 Å². The van der Waals surface area contributed by atoms with Crippen LogP contribution in [0.4, 0.5) is 5.69 Å². The fraction of sp³-hybridized carbons (Fsp3) is 0.300. The quantitative estimate of drug-likeness (QED) is 0.420. The first-order valence-corrected chi connectivity index (χ1v) is 4.27. The van der Waals surface area contributed by atoms with Crippen molar-refractivity contribution >= 4 is 11.7 Å². The molecule has 0 radical (unpaired) electrons. The molecule has 0 bridgehead atoms. The van der Waals surface area contributed by atoms with Crippen LogP contribution in [0.3, 0.4) is 0 Å². The largest absolute Gasteiger partial charge is 0.441 e. The SMILES string of the molecule is CC(C)(N)OC(=O)c1ccccc1N. The molecule has 1 rings (SSSR count). The zero-order chi connectivity index (χ0) is 10.8. The van der Waals surface area contributed by atoms with Crippen molar-refractivity contribution in [2.24, 2.45) is 5.73 Å². The van der Waals surface area contributed by atoms with Gasteiger partial charge in [-0.3, -0.25) is 5.73 Å². The normalized spacial score (nSPS) is 11.1. The summed E-state index contributed by atoms with van der Waals surface area (Å²) in [6, 6.07) is 6.71. The Bertz CT molecular complexity index is 342. The molecule has 0 saturated heterocycles. The average Bonchev–Trinajstić information content (AvgIpc) is 2.01. The third-order valence-corrected chi connectivity index (χ3v) is 1.54. The number of para-hydroxylation sites is 1. The predicted octanol–water partition coefficient (Wildman–Crippen LogP) is 1.12. The van der Waals surface area contributed by atoms with Gasteiger partial charge in [0.15, 0.2) is 5.72 Å². The number of hydrogen-bond donors (Lipinski definition) is 2. The van der Waals surface area contributed by atoms with Crippen LogP contribution in [-0.2, 0) is 4.74 Å². The molecule has 14 heavy (non-hydrogen) atoms. The van der Waals surface area contributed by atoms with E-state index in [2.05, 4.69) is 0 Å². The average molecular weight is 194 g/mol. The van der Waals surface area contributed by atoms with Gasteiger partial charge in [0.1, 0.15) is 0 Å². The van der Waals surface area contributed by atoms with Crippen molar-refractivity contribution in [2.45, 2.75) is 19.6 Å². The Hall–Kier alpha value is -1.55. The zero-order valence-electron chi connectivity index (χ0n) is 8.28. The van der Waals surface area contributed by atoms with Gasteiger partial charge in [0, 0.05) is 5.69 Å². The Labute approximate surface area is 82.8 Å². The standard InChI is InChI=1S/C10H14N2O2/c1-10(2,12)14-9(13)7-5-3-4-6-8(7)11/h3-6H,11-12H2,1-2H3. The summed E-state index contributed by atoms with van der Waals surface area (Å²) in [6.45, 7) is 3.20. The Morgan fingerprint density at radius 1 is 1.36 bits per heavy atom. The molecule has 76 valence electrons. The molecular weight excluding hydrogens is 180 g/mol. The Morgan fingerprint density at radius 2 is 1.93 bits per heavy atom. The molecule has 0 aliphatic rings. The van der Waals surface area contributed by atoms with E-state index in [9.17, 15) is 4.79 Å². The minimum atomic E-state index is -0.987. The second-order valence-electron chi connectivity index (χ2n) is 3.58. The molecule has 0 spiro atoms. The smallest absolute Gasteiger partial charge is 0.341 e. The molecule has 4 N–H and O–H groups in total. The Balaban J connectivity index is 2.86. The molecule has 1 aromatic carbocycles. The summed E-state index contributed by atoms with van der Waals surface area (Å²) in [5.41, 5.74) is 10.9. The number of hydrogen-bond acceptors (Lipinski definition) is 4. The molecule has 1 aromatic rings. The van der Waals surface area contributed by atoms with E-state index in [0.29, 0.717) is 11.3 Å². The molecule has 0 saturated carbocycles. The van der Waals surface area contributed by atoms with Gasteiger partial charge in [0.05, 0.1) is 5.56 Å². The van der Waals surface area contributed by atoms with E-state index in [1.807, 2.05) is 0 Å². The maximum Gasteiger partial charge on any atom is 0.341 e. The highest BCUT2D eigenvalue weighted by Crippen LogP contribution is 2.14. The van der Waals surface area contributed by atoms with Crippen molar-refractivity contribution in [3.8, 4) is 0 Å².